The van der Waals surface area contributed by atoms with Gasteiger partial charge in [-0.15, -0.1) is 0 Å². The molecule has 6 N–H and O–H groups in total. The largest absolute Gasteiger partial charge is 0.390 e. The van der Waals surface area contributed by atoms with Crippen LogP contribution in [0.1, 0.15) is 22.9 Å². The highest BCUT2D eigenvalue weighted by molar-refractivity contribution is 5.87. The molecular weight excluding hydrogens is 518 g/mol. The van der Waals surface area contributed by atoms with E-state index in [9.17, 15) is 15.3 Å². The number of ether oxygens (including phenoxy) is 1. The Bertz CT molecular complexity index is 1600. The number of rotatable bonds is 9. The summed E-state index contributed by atoms with van der Waals surface area (Å²) in [5.41, 5.74) is 1.75. The lowest BCUT2D eigenvalue weighted by Crippen LogP contribution is -2.62. The van der Waals surface area contributed by atoms with Crippen LogP contribution in [0, 0.1) is 0 Å². The Morgan fingerprint density at radius 2 is 1.37 bits per heavy atom. The summed E-state index contributed by atoms with van der Waals surface area (Å²) in [6.07, 6.45) is 0.0605. The number of nitrogens with zero attached hydrogens (tertiary/aromatic N) is 3. The smallest absolute Gasteiger partial charge is 0.168 e. The van der Waals surface area contributed by atoms with E-state index in [4.69, 9.17) is 10.6 Å². The van der Waals surface area contributed by atoms with E-state index in [1.807, 2.05) is 91.0 Å². The Balaban J connectivity index is 1.51. The second kappa shape index (κ2) is 11.0. The fraction of sp³-hybridized carbons (Fsp3) is 0.250. The monoisotopic (exact) mass is 551 g/mol. The van der Waals surface area contributed by atoms with Gasteiger partial charge in [-0.3, -0.25) is 0 Å². The minimum Gasteiger partial charge on any atom is -0.390 e. The van der Waals surface area contributed by atoms with E-state index in [0.29, 0.717) is 16.9 Å². The highest BCUT2D eigenvalue weighted by Crippen LogP contribution is 2.51. The molecule has 0 saturated carbocycles. The number of fused-ring (bicyclic) bond motifs is 1. The molecule has 210 valence electrons. The van der Waals surface area contributed by atoms with Gasteiger partial charge in [0.1, 0.15) is 29.3 Å². The Kier molecular flexibility index (Phi) is 7.29. The number of hydrogen-bond acceptors (Lipinski definition) is 8. The second-order valence-electron chi connectivity index (χ2n) is 10.7. The number of aliphatic hydroxyl groups is 3. The maximum Gasteiger partial charge on any atom is 0.168 e. The van der Waals surface area contributed by atoms with Crippen molar-refractivity contribution in [3.8, 4) is 0 Å². The Morgan fingerprint density at radius 1 is 0.805 bits per heavy atom. The lowest BCUT2D eigenvalue weighted by molar-refractivity contribution is -0.160. The highest BCUT2D eigenvalue weighted by atomic mass is 16.6. The van der Waals surface area contributed by atoms with E-state index >= 15 is 0 Å². The van der Waals surface area contributed by atoms with Crippen LogP contribution < -0.4 is 11.3 Å². The van der Waals surface area contributed by atoms with Crippen LogP contribution in [0.3, 0.4) is 0 Å². The van der Waals surface area contributed by atoms with Crippen molar-refractivity contribution >= 4 is 16.9 Å². The fourth-order valence-electron chi connectivity index (χ4n) is 6.07. The lowest BCUT2D eigenvalue weighted by atomic mass is 9.71. The molecule has 5 atom stereocenters. The minimum absolute atomic E-state index is 0.0496. The van der Waals surface area contributed by atoms with Crippen LogP contribution >= 0.6 is 0 Å². The van der Waals surface area contributed by atoms with Gasteiger partial charge in [0.25, 0.3) is 0 Å². The van der Waals surface area contributed by atoms with Crippen LogP contribution in [0.15, 0.2) is 110 Å². The van der Waals surface area contributed by atoms with Gasteiger partial charge in [-0.2, -0.15) is 0 Å². The van der Waals surface area contributed by atoms with Gasteiger partial charge in [0.15, 0.2) is 12.0 Å². The number of benzene rings is 3. The zero-order valence-corrected chi connectivity index (χ0v) is 22.4. The van der Waals surface area contributed by atoms with Gasteiger partial charge < -0.3 is 30.0 Å². The second-order valence-corrected chi connectivity index (χ2v) is 10.7. The average molecular weight is 552 g/mol. The van der Waals surface area contributed by atoms with Gasteiger partial charge in [0.2, 0.25) is 0 Å². The van der Waals surface area contributed by atoms with E-state index in [-0.39, 0.29) is 19.3 Å². The van der Waals surface area contributed by atoms with E-state index in [1.165, 1.54) is 6.33 Å². The first-order valence-corrected chi connectivity index (χ1v) is 13.6. The molecule has 2 aromatic heterocycles. The van der Waals surface area contributed by atoms with Crippen molar-refractivity contribution in [1.29, 1.82) is 0 Å². The average Bonchev–Trinajstić information content (AvgIpc) is 3.51. The topological polar surface area (TPSA) is 139 Å². The molecule has 0 spiro atoms. The minimum atomic E-state index is -1.90. The van der Waals surface area contributed by atoms with Crippen LogP contribution in [0.25, 0.3) is 11.0 Å². The first kappa shape index (κ1) is 27.1. The predicted octanol–water partition coefficient (Wildman–Crippen LogP) is 3.17. The van der Waals surface area contributed by atoms with Crippen LogP contribution in [-0.4, -0.2) is 53.3 Å². The maximum atomic E-state index is 12.8. The molecule has 1 fully saturated rings. The van der Waals surface area contributed by atoms with Gasteiger partial charge in [-0.25, -0.2) is 15.8 Å². The molecule has 5 aromatic rings. The molecule has 41 heavy (non-hydrogen) atoms. The summed E-state index contributed by atoms with van der Waals surface area (Å²) in [5, 5.41) is 37.9. The molecule has 0 bridgehead atoms. The van der Waals surface area contributed by atoms with Crippen molar-refractivity contribution in [2.75, 3.05) is 5.43 Å². The number of nitrogens with two attached hydrogens (primary N) is 1. The molecule has 6 rings (SSSR count). The van der Waals surface area contributed by atoms with E-state index in [2.05, 4.69) is 15.4 Å². The van der Waals surface area contributed by atoms with Gasteiger partial charge >= 0.3 is 0 Å². The number of nitrogens with one attached hydrogen (secondary N) is 1. The number of nitrogen functional groups attached to an aromatic ring is 1. The standard InChI is InChI=1S/C32H33N5O4/c33-36-28-25-16-17-37(29(25)35-21-34-28)30-32(40,20-24-14-8-3-9-15-24)31(39,19-23-12-6-2-7-13-23)27(41-30)26(38)18-22-10-4-1-5-11-22/h1-17,21,26-27,30,38-40H,18-20,33H2,(H,34,35,36)/t26?,27-,30-,31-,32-/m1/s1. The molecule has 0 aliphatic carbocycles. The lowest BCUT2D eigenvalue weighted by Gasteiger charge is -2.42. The van der Waals surface area contributed by atoms with E-state index < -0.39 is 29.6 Å². The van der Waals surface area contributed by atoms with Crippen molar-refractivity contribution in [3.63, 3.8) is 0 Å². The first-order valence-electron chi connectivity index (χ1n) is 13.6. The zero-order valence-electron chi connectivity index (χ0n) is 22.4. The molecule has 0 amide bonds. The summed E-state index contributed by atoms with van der Waals surface area (Å²) in [6, 6.07) is 30.3. The number of aliphatic hydroxyl groups excluding tert-OH is 1. The van der Waals surface area contributed by atoms with Crippen LogP contribution in [0.4, 0.5) is 5.82 Å². The van der Waals surface area contributed by atoms with Crippen molar-refractivity contribution in [2.45, 2.75) is 48.9 Å². The van der Waals surface area contributed by atoms with Crippen molar-refractivity contribution in [2.24, 2.45) is 5.84 Å². The third-order valence-corrected chi connectivity index (χ3v) is 8.07. The van der Waals surface area contributed by atoms with Crippen LogP contribution in [0.5, 0.6) is 0 Å². The summed E-state index contributed by atoms with van der Waals surface area (Å²) in [4.78, 5) is 8.65. The maximum absolute atomic E-state index is 12.8. The van der Waals surface area contributed by atoms with Crippen molar-refractivity contribution in [3.05, 3.63) is 126 Å². The van der Waals surface area contributed by atoms with Gasteiger partial charge in [0.05, 0.1) is 11.5 Å². The molecule has 1 aliphatic rings. The van der Waals surface area contributed by atoms with Gasteiger partial charge in [-0.05, 0) is 22.8 Å². The van der Waals surface area contributed by atoms with E-state index in [1.54, 1.807) is 16.8 Å². The number of anilines is 1. The van der Waals surface area contributed by atoms with Crippen molar-refractivity contribution in [1.82, 2.24) is 14.5 Å². The Labute approximate surface area is 237 Å². The number of hydrogen-bond donors (Lipinski definition) is 5. The molecule has 1 saturated heterocycles. The third-order valence-electron chi connectivity index (χ3n) is 8.07. The third kappa shape index (κ3) is 4.88. The molecule has 3 aromatic carbocycles. The Hall–Kier alpha value is -4.12. The summed E-state index contributed by atoms with van der Waals surface area (Å²) in [6.45, 7) is 0. The quantitative estimate of drug-likeness (QED) is 0.139. The first-order chi connectivity index (χ1) is 19.9. The highest BCUT2D eigenvalue weighted by Gasteiger charge is 2.67. The molecule has 1 unspecified atom stereocenters. The number of aromatic nitrogens is 3. The normalized spacial score (nSPS) is 24.9. The SMILES string of the molecule is NNc1ncnc2c1ccn2[C@@H]1O[C@H](C(O)Cc2ccccc2)[C@](O)(Cc2ccccc2)[C@@]1(O)Cc1ccccc1. The van der Waals surface area contributed by atoms with Gasteiger partial charge in [0, 0.05) is 25.5 Å². The molecule has 9 heteroatoms. The molecular formula is C32H33N5O4. The molecule has 0 radical (unpaired) electrons. The molecule has 1 aliphatic heterocycles. The number of hydrazine groups is 1. The fourth-order valence-corrected chi connectivity index (χ4v) is 6.07. The summed E-state index contributed by atoms with van der Waals surface area (Å²) >= 11 is 0. The Morgan fingerprint density at radius 3 is 1.95 bits per heavy atom. The summed E-state index contributed by atoms with van der Waals surface area (Å²) in [5.74, 6) is 6.11. The predicted molar refractivity (Wildman–Crippen MR) is 156 cm³/mol. The van der Waals surface area contributed by atoms with Crippen molar-refractivity contribution < 1.29 is 20.1 Å². The van der Waals surface area contributed by atoms with E-state index in [0.717, 1.165) is 16.7 Å². The zero-order chi connectivity index (χ0) is 28.5. The molecule has 9 nitrogen and oxygen atoms in total. The summed E-state index contributed by atoms with van der Waals surface area (Å²) < 4.78 is 8.28. The van der Waals surface area contributed by atoms with Crippen LogP contribution in [0.2, 0.25) is 0 Å². The summed E-state index contributed by atoms with van der Waals surface area (Å²) in [7, 11) is 0. The van der Waals surface area contributed by atoms with Crippen LogP contribution in [-0.2, 0) is 24.0 Å². The van der Waals surface area contributed by atoms with Gasteiger partial charge in [-0.1, -0.05) is 91.0 Å². The molecule has 3 heterocycles.